The van der Waals surface area contributed by atoms with Gasteiger partial charge in [-0.1, -0.05) is 36.4 Å². The van der Waals surface area contributed by atoms with Gasteiger partial charge in [-0.15, -0.1) is 0 Å². The van der Waals surface area contributed by atoms with Crippen LogP contribution in [0, 0.1) is 0 Å². The van der Waals surface area contributed by atoms with Gasteiger partial charge in [0.15, 0.2) is 25.0 Å². The number of hydrogen-bond donors (Lipinski definition) is 13. The number of amides is 2. The van der Waals surface area contributed by atoms with Crippen molar-refractivity contribution in [3.05, 3.63) is 60.7 Å². The Morgan fingerprint density at radius 2 is 1.03 bits per heavy atom. The van der Waals surface area contributed by atoms with Gasteiger partial charge in [-0.25, -0.2) is 9.59 Å². The Balaban J connectivity index is 1.32. The molecule has 19 N–H and O–H groups in total. The van der Waals surface area contributed by atoms with Gasteiger partial charge in [0.2, 0.25) is 0 Å². The predicted molar refractivity (Wildman–Crippen MR) is 207 cm³/mol. The molecule has 0 bridgehead atoms. The highest BCUT2D eigenvalue weighted by Gasteiger charge is 2.56. The highest BCUT2D eigenvalue weighted by atomic mass is 16.8. The largest absolute Gasteiger partial charge is 0.446 e. The second kappa shape index (κ2) is 20.4. The number of aliphatic hydroxyl groups is 5. The highest BCUT2D eigenvalue weighted by Crippen LogP contribution is 2.36. The molecule has 6 rings (SSSR count). The molecule has 1 aliphatic carbocycles. The van der Waals surface area contributed by atoms with Crippen LogP contribution in [0.1, 0.15) is 6.42 Å². The predicted octanol–water partition coefficient (Wildman–Crippen LogP) is -4.38. The Morgan fingerprint density at radius 1 is 0.567 bits per heavy atom. The third kappa shape index (κ3) is 10.5. The molecule has 3 saturated heterocycles. The van der Waals surface area contributed by atoms with Crippen LogP contribution in [0.25, 0.3) is 0 Å². The summed E-state index contributed by atoms with van der Waals surface area (Å²) >= 11 is 0. The minimum atomic E-state index is -1.70. The molecule has 4 aliphatic rings. The van der Waals surface area contributed by atoms with E-state index in [1.165, 1.54) is 0 Å². The average molecular weight is 853 g/mol. The molecule has 334 valence electrons. The smallest absolute Gasteiger partial charge is 0.412 e. The van der Waals surface area contributed by atoms with Gasteiger partial charge in [-0.2, -0.15) is 0 Å². The third-order valence-corrected chi connectivity index (χ3v) is 10.8. The maximum absolute atomic E-state index is 13.6. The Hall–Kier alpha value is -3.70. The molecule has 2 amide bonds. The van der Waals surface area contributed by atoms with Gasteiger partial charge < -0.3 is 97.8 Å². The van der Waals surface area contributed by atoms with Crippen molar-refractivity contribution in [3.63, 3.8) is 0 Å². The third-order valence-electron chi connectivity index (χ3n) is 10.8. The van der Waals surface area contributed by atoms with Crippen LogP contribution in [0.4, 0.5) is 21.0 Å². The molecule has 2 aromatic rings. The fourth-order valence-corrected chi connectivity index (χ4v) is 7.46. The van der Waals surface area contributed by atoms with E-state index in [-0.39, 0.29) is 19.5 Å². The molecule has 4 fully saturated rings. The van der Waals surface area contributed by atoms with Crippen molar-refractivity contribution in [2.24, 2.45) is 34.4 Å². The van der Waals surface area contributed by atoms with Crippen LogP contribution in [0.2, 0.25) is 0 Å². The first-order valence-corrected chi connectivity index (χ1v) is 19.5. The number of hydrogen-bond acceptors (Lipinski definition) is 21. The van der Waals surface area contributed by atoms with Crippen molar-refractivity contribution >= 4 is 23.6 Å². The van der Waals surface area contributed by atoms with E-state index in [0.29, 0.717) is 11.4 Å². The fraction of sp³-hybridized carbons (Fsp3) is 0.622. The van der Waals surface area contributed by atoms with Crippen LogP contribution in [0.3, 0.4) is 0 Å². The van der Waals surface area contributed by atoms with Crippen molar-refractivity contribution in [2.45, 2.75) is 123 Å². The van der Waals surface area contributed by atoms with Gasteiger partial charge in [0.05, 0.1) is 18.2 Å². The number of aliphatic hydroxyl groups excluding tert-OH is 5. The van der Waals surface area contributed by atoms with E-state index in [4.69, 9.17) is 72.3 Å². The van der Waals surface area contributed by atoms with E-state index in [1.807, 2.05) is 0 Å². The normalized spacial score (nSPS) is 40.7. The second-order valence-electron chi connectivity index (χ2n) is 15.0. The molecule has 19 atom stereocenters. The van der Waals surface area contributed by atoms with E-state index in [2.05, 4.69) is 10.6 Å². The number of anilines is 2. The first-order valence-electron chi connectivity index (χ1n) is 19.5. The van der Waals surface area contributed by atoms with Crippen molar-refractivity contribution < 1.29 is 73.0 Å². The molecule has 23 nitrogen and oxygen atoms in total. The first kappa shape index (κ1) is 45.8. The molecule has 0 aromatic heterocycles. The van der Waals surface area contributed by atoms with Crippen molar-refractivity contribution in [2.75, 3.05) is 30.3 Å². The lowest BCUT2D eigenvalue weighted by atomic mass is 9.84. The Bertz CT molecular complexity index is 1680. The summed E-state index contributed by atoms with van der Waals surface area (Å²) in [5, 5.41) is 59.1. The number of ether oxygens (including phenoxy) is 8. The maximum atomic E-state index is 13.6. The van der Waals surface area contributed by atoms with Crippen LogP contribution < -0.4 is 45.0 Å². The molecule has 1 saturated carbocycles. The molecule has 60 heavy (non-hydrogen) atoms. The zero-order valence-electron chi connectivity index (χ0n) is 32.4. The number of carbonyl (C=O) groups excluding carboxylic acids is 2. The summed E-state index contributed by atoms with van der Waals surface area (Å²) in [6.07, 6.45) is -23.6. The zero-order chi connectivity index (χ0) is 43.2. The van der Waals surface area contributed by atoms with Gasteiger partial charge in [-0.3, -0.25) is 10.6 Å². The second-order valence-corrected chi connectivity index (χ2v) is 15.0. The van der Waals surface area contributed by atoms with E-state index >= 15 is 0 Å². The molecular formula is C37H56N8O15. The minimum absolute atomic E-state index is 0.0101. The topological polar surface area (TPSA) is 389 Å². The zero-order valence-corrected chi connectivity index (χ0v) is 32.4. The first-order chi connectivity index (χ1) is 28.7. The van der Waals surface area contributed by atoms with Gasteiger partial charge in [-0.05, 0) is 30.7 Å². The maximum Gasteiger partial charge on any atom is 0.412 e. The summed E-state index contributed by atoms with van der Waals surface area (Å²) in [6, 6.07) is 12.0. The molecule has 0 unspecified atom stereocenters. The molecule has 2 aromatic carbocycles. The average Bonchev–Trinajstić information content (AvgIpc) is 3.55. The number of rotatable bonds is 13. The molecule has 0 radical (unpaired) electrons. The highest BCUT2D eigenvalue weighted by molar-refractivity contribution is 5.85. The summed E-state index contributed by atoms with van der Waals surface area (Å²) in [5.74, 6) is 0. The lowest BCUT2D eigenvalue weighted by molar-refractivity contribution is -0.306. The van der Waals surface area contributed by atoms with Gasteiger partial charge in [0.1, 0.15) is 67.6 Å². The lowest BCUT2D eigenvalue weighted by Crippen LogP contribution is -2.68. The van der Waals surface area contributed by atoms with Crippen molar-refractivity contribution in [1.29, 1.82) is 0 Å². The van der Waals surface area contributed by atoms with E-state index in [9.17, 15) is 35.1 Å². The number of benzene rings is 2. The molecule has 0 spiro atoms. The fourth-order valence-electron chi connectivity index (χ4n) is 7.46. The minimum Gasteiger partial charge on any atom is -0.446 e. The van der Waals surface area contributed by atoms with E-state index in [1.54, 1.807) is 60.7 Å². The summed E-state index contributed by atoms with van der Waals surface area (Å²) in [6.45, 7) is -1.03. The number of nitrogens with two attached hydrogens (primary N) is 6. The Morgan fingerprint density at radius 3 is 1.55 bits per heavy atom. The van der Waals surface area contributed by atoms with Crippen LogP contribution in [-0.2, 0) is 37.9 Å². The van der Waals surface area contributed by atoms with Crippen LogP contribution in [0.15, 0.2) is 60.7 Å². The Kier molecular flexibility index (Phi) is 15.6. The van der Waals surface area contributed by atoms with Crippen molar-refractivity contribution in [1.82, 2.24) is 0 Å². The van der Waals surface area contributed by atoms with Crippen LogP contribution >= 0.6 is 0 Å². The summed E-state index contributed by atoms with van der Waals surface area (Å²) in [5.41, 5.74) is 37.6. The van der Waals surface area contributed by atoms with E-state index in [0.717, 1.165) is 0 Å². The standard InChI is InChI=1S/C37H56N8O15/c38-12-19-25(47)27(49)22(42)33(54-19)57-29-18(41)11-17(40)24(46)31(29)59-35-32(60-37(52)45-16-9-5-2-6-10-16)30(58-34-23(43)28(50)26(48)20(13-39)55-34)21(56-35)14-53-36(51)44-15-7-3-1-4-8-15/h1-10,17-35,46-50H,11-14,38-43H2,(H,44,51)(H,45,52)/t17-,18+,19-,20-,21-,22-,23-,24+,25-,26-,27-,28-,29+,30-,31+,32-,33+,34+,35+/m1/s1. The lowest BCUT2D eigenvalue weighted by Gasteiger charge is -2.47. The van der Waals surface area contributed by atoms with Crippen molar-refractivity contribution in [3.8, 4) is 0 Å². The SMILES string of the molecule is NC[C@H]1O[C@@H](O[C@@H]2[C@@H](O[C@@H]3O[C@H](COC(=O)Nc4ccccc4)[C@@H](O[C@@H]4O[C@H](CN)[C@@H](O)[C@H](O)[C@H]4N)[C@H]3OC(=O)Nc3ccccc3)[C@@H](O)[C@H](N)C[C@@H]2N)[C@H](N)[C@@H](O)[C@@H]1O. The van der Waals surface area contributed by atoms with Crippen LogP contribution in [-0.4, -0.2) is 174 Å². The van der Waals surface area contributed by atoms with Gasteiger partial charge in [0.25, 0.3) is 0 Å². The quantitative estimate of drug-likeness (QED) is 0.0905. The molecule has 23 heteroatoms. The number of para-hydroxylation sites is 2. The summed E-state index contributed by atoms with van der Waals surface area (Å²) in [7, 11) is 0. The van der Waals surface area contributed by atoms with Gasteiger partial charge >= 0.3 is 12.2 Å². The monoisotopic (exact) mass is 852 g/mol. The van der Waals surface area contributed by atoms with Crippen LogP contribution in [0.5, 0.6) is 0 Å². The number of carbonyl (C=O) groups is 2. The van der Waals surface area contributed by atoms with E-state index < -0.39 is 135 Å². The molecule has 3 heterocycles. The number of nitrogens with one attached hydrogen (secondary N) is 2. The summed E-state index contributed by atoms with van der Waals surface area (Å²) < 4.78 is 48.3. The molecule has 3 aliphatic heterocycles. The van der Waals surface area contributed by atoms with Gasteiger partial charge in [0, 0.05) is 36.5 Å². The molecular weight excluding hydrogens is 796 g/mol. The Labute approximate surface area is 344 Å². The summed E-state index contributed by atoms with van der Waals surface area (Å²) in [4.78, 5) is 26.6.